The molecule has 0 amide bonds. The Balaban J connectivity index is 1.46. The third-order valence-electron chi connectivity index (χ3n) is 3.37. The summed E-state index contributed by atoms with van der Waals surface area (Å²) < 4.78 is 6.88. The molecule has 2 aromatic rings. The van der Waals surface area contributed by atoms with E-state index in [0.29, 0.717) is 11.1 Å². The summed E-state index contributed by atoms with van der Waals surface area (Å²) >= 11 is 9.38. The van der Waals surface area contributed by atoms with Crippen molar-refractivity contribution in [2.45, 2.75) is 12.6 Å². The van der Waals surface area contributed by atoms with Crippen LogP contribution in [0.1, 0.15) is 5.56 Å². The average Bonchev–Trinajstić information content (AvgIpc) is 3.18. The van der Waals surface area contributed by atoms with Crippen molar-refractivity contribution in [3.63, 3.8) is 0 Å². The van der Waals surface area contributed by atoms with E-state index in [2.05, 4.69) is 45.1 Å². The van der Waals surface area contributed by atoms with Gasteiger partial charge < -0.3 is 4.74 Å². The lowest BCUT2D eigenvalue weighted by atomic mass is 10.2. The molecule has 2 aromatic carbocycles. The van der Waals surface area contributed by atoms with E-state index in [1.165, 1.54) is 5.56 Å². The Kier molecular flexibility index (Phi) is 4.29. The highest BCUT2D eigenvalue weighted by molar-refractivity contribution is 9.10. The molecule has 1 saturated heterocycles. The first-order valence-electron chi connectivity index (χ1n) is 6.57. The van der Waals surface area contributed by atoms with Gasteiger partial charge in [-0.15, -0.1) is 0 Å². The van der Waals surface area contributed by atoms with Gasteiger partial charge in [0, 0.05) is 22.6 Å². The van der Waals surface area contributed by atoms with Crippen LogP contribution in [-0.4, -0.2) is 24.1 Å². The zero-order chi connectivity index (χ0) is 13.9. The minimum Gasteiger partial charge on any atom is -0.492 e. The number of rotatable bonds is 5. The van der Waals surface area contributed by atoms with E-state index in [9.17, 15) is 0 Å². The minimum absolute atomic E-state index is 0.512. The van der Waals surface area contributed by atoms with E-state index in [0.717, 1.165) is 29.9 Å². The van der Waals surface area contributed by atoms with Crippen molar-refractivity contribution in [2.75, 3.05) is 13.2 Å². The van der Waals surface area contributed by atoms with Gasteiger partial charge in [0.25, 0.3) is 0 Å². The van der Waals surface area contributed by atoms with E-state index in [1.54, 1.807) is 0 Å². The third-order valence-corrected chi connectivity index (χ3v) is 4.13. The number of hydrogen-bond donors (Lipinski definition) is 0. The molecule has 0 aromatic heterocycles. The molecule has 104 valence electrons. The molecular weight excluding hydrogens is 338 g/mol. The predicted octanol–water partition coefficient (Wildman–Crippen LogP) is 4.37. The molecule has 20 heavy (non-hydrogen) atoms. The largest absolute Gasteiger partial charge is 0.492 e. The van der Waals surface area contributed by atoms with Crippen LogP contribution in [0, 0.1) is 0 Å². The fourth-order valence-corrected chi connectivity index (χ4v) is 2.59. The monoisotopic (exact) mass is 351 g/mol. The SMILES string of the molecule is Clc1cccc(OCC2CN2Cc2ccc(Br)cc2)c1. The topological polar surface area (TPSA) is 12.2 Å². The highest BCUT2D eigenvalue weighted by Gasteiger charge is 2.34. The Morgan fingerprint density at radius 3 is 2.75 bits per heavy atom. The van der Waals surface area contributed by atoms with Gasteiger partial charge in [-0.25, -0.2) is 0 Å². The van der Waals surface area contributed by atoms with Gasteiger partial charge in [-0.1, -0.05) is 45.7 Å². The van der Waals surface area contributed by atoms with Crippen LogP contribution in [0.3, 0.4) is 0 Å². The van der Waals surface area contributed by atoms with Crippen molar-refractivity contribution in [1.29, 1.82) is 0 Å². The second-order valence-corrected chi connectivity index (χ2v) is 6.33. The molecule has 0 radical (unpaired) electrons. The maximum Gasteiger partial charge on any atom is 0.120 e. The molecule has 0 bridgehead atoms. The third kappa shape index (κ3) is 3.75. The molecule has 4 heteroatoms. The molecule has 1 aliphatic heterocycles. The summed E-state index contributed by atoms with van der Waals surface area (Å²) in [5.41, 5.74) is 1.33. The first-order valence-corrected chi connectivity index (χ1v) is 7.75. The number of halogens is 2. The molecule has 0 spiro atoms. The van der Waals surface area contributed by atoms with Crippen molar-refractivity contribution in [3.05, 3.63) is 63.6 Å². The van der Waals surface area contributed by atoms with Gasteiger partial charge in [-0.05, 0) is 35.9 Å². The molecule has 0 saturated carbocycles. The lowest BCUT2D eigenvalue weighted by Crippen LogP contribution is -2.10. The maximum atomic E-state index is 5.93. The number of nitrogens with zero attached hydrogens (tertiary/aromatic N) is 1. The van der Waals surface area contributed by atoms with Crippen molar-refractivity contribution in [1.82, 2.24) is 4.90 Å². The minimum atomic E-state index is 0.512. The van der Waals surface area contributed by atoms with Crippen molar-refractivity contribution < 1.29 is 4.74 Å². The van der Waals surface area contributed by atoms with E-state index in [1.807, 2.05) is 24.3 Å². The first kappa shape index (κ1) is 13.9. The zero-order valence-electron chi connectivity index (χ0n) is 10.9. The van der Waals surface area contributed by atoms with Crippen LogP contribution in [0.4, 0.5) is 0 Å². The molecule has 0 aliphatic carbocycles. The fourth-order valence-electron chi connectivity index (χ4n) is 2.15. The Bertz CT molecular complexity index is 587. The molecule has 1 fully saturated rings. The van der Waals surface area contributed by atoms with E-state index in [4.69, 9.17) is 16.3 Å². The molecule has 1 aliphatic rings. The van der Waals surface area contributed by atoms with Gasteiger partial charge in [0.15, 0.2) is 0 Å². The van der Waals surface area contributed by atoms with Gasteiger partial charge in [-0.2, -0.15) is 0 Å². The molecule has 1 heterocycles. The molecule has 2 atom stereocenters. The van der Waals surface area contributed by atoms with Crippen LogP contribution < -0.4 is 4.74 Å². The summed E-state index contributed by atoms with van der Waals surface area (Å²) in [5, 5.41) is 0.713. The van der Waals surface area contributed by atoms with Crippen molar-refractivity contribution in [3.8, 4) is 5.75 Å². The van der Waals surface area contributed by atoms with E-state index >= 15 is 0 Å². The summed E-state index contributed by atoms with van der Waals surface area (Å²) in [4.78, 5) is 2.40. The lowest BCUT2D eigenvalue weighted by Gasteiger charge is -2.07. The Labute approximate surface area is 132 Å². The summed E-state index contributed by atoms with van der Waals surface area (Å²) in [5.74, 6) is 0.841. The quantitative estimate of drug-likeness (QED) is 0.741. The number of benzene rings is 2. The van der Waals surface area contributed by atoms with E-state index in [-0.39, 0.29) is 0 Å². The van der Waals surface area contributed by atoms with Gasteiger partial charge in [0.2, 0.25) is 0 Å². The van der Waals surface area contributed by atoms with Crippen LogP contribution in [0.5, 0.6) is 5.75 Å². The molecule has 3 rings (SSSR count). The van der Waals surface area contributed by atoms with Gasteiger partial charge in [0.05, 0.1) is 6.04 Å². The summed E-state index contributed by atoms with van der Waals surface area (Å²) in [6.07, 6.45) is 0. The highest BCUT2D eigenvalue weighted by atomic mass is 79.9. The zero-order valence-corrected chi connectivity index (χ0v) is 13.3. The van der Waals surface area contributed by atoms with Crippen molar-refractivity contribution in [2.24, 2.45) is 0 Å². The van der Waals surface area contributed by atoms with Crippen LogP contribution in [0.15, 0.2) is 53.0 Å². The standard InChI is InChI=1S/C16H15BrClNO/c17-13-6-4-12(5-7-13)9-19-10-15(19)11-20-16-3-1-2-14(18)8-16/h1-8,15H,9-11H2. The normalized spacial score (nSPS) is 20.7. The smallest absolute Gasteiger partial charge is 0.120 e. The second-order valence-electron chi connectivity index (χ2n) is 4.98. The highest BCUT2D eigenvalue weighted by Crippen LogP contribution is 2.24. The Morgan fingerprint density at radius 2 is 2.00 bits per heavy atom. The van der Waals surface area contributed by atoms with Gasteiger partial charge >= 0.3 is 0 Å². The van der Waals surface area contributed by atoms with Gasteiger partial charge in [0.1, 0.15) is 12.4 Å². The lowest BCUT2D eigenvalue weighted by molar-refractivity contribution is 0.293. The van der Waals surface area contributed by atoms with Crippen molar-refractivity contribution >= 4 is 27.5 Å². The summed E-state index contributed by atoms with van der Waals surface area (Å²) in [6, 6.07) is 16.5. The molecule has 2 unspecified atom stereocenters. The van der Waals surface area contributed by atoms with E-state index < -0.39 is 0 Å². The predicted molar refractivity (Wildman–Crippen MR) is 85.3 cm³/mol. The average molecular weight is 353 g/mol. The molecule has 0 N–H and O–H groups in total. The van der Waals surface area contributed by atoms with Crippen LogP contribution in [0.25, 0.3) is 0 Å². The fraction of sp³-hybridized carbons (Fsp3) is 0.250. The van der Waals surface area contributed by atoms with Crippen LogP contribution in [0.2, 0.25) is 5.02 Å². The number of hydrogen-bond acceptors (Lipinski definition) is 2. The molecule has 2 nitrogen and oxygen atoms in total. The second kappa shape index (κ2) is 6.17. The van der Waals surface area contributed by atoms with Gasteiger partial charge in [-0.3, -0.25) is 4.90 Å². The van der Waals surface area contributed by atoms with Crippen LogP contribution >= 0.6 is 27.5 Å². The Morgan fingerprint density at radius 1 is 1.20 bits per heavy atom. The van der Waals surface area contributed by atoms with Crippen LogP contribution in [-0.2, 0) is 6.54 Å². The Hall–Kier alpha value is -1.03. The summed E-state index contributed by atoms with van der Waals surface area (Å²) in [6.45, 7) is 2.80. The maximum absolute atomic E-state index is 5.93. The number of ether oxygens (including phenoxy) is 1. The summed E-state index contributed by atoms with van der Waals surface area (Å²) in [7, 11) is 0. The first-order chi connectivity index (χ1) is 9.70. The molecular formula is C16H15BrClNO.